The third kappa shape index (κ3) is 3.12. The number of tetrazole rings is 1. The summed E-state index contributed by atoms with van der Waals surface area (Å²) in [7, 11) is 0. The van der Waals surface area contributed by atoms with E-state index in [1.54, 1.807) is 4.68 Å². The smallest absolute Gasteiger partial charge is 0.248 e. The number of anilines is 1. The average Bonchev–Trinajstić information content (AvgIpc) is 3.23. The maximum Gasteiger partial charge on any atom is 0.248 e. The molecule has 0 radical (unpaired) electrons. The Bertz CT molecular complexity index is 1130. The fourth-order valence-corrected chi connectivity index (χ4v) is 3.66. The van der Waals surface area contributed by atoms with E-state index >= 15 is 0 Å². The zero-order chi connectivity index (χ0) is 18.9. The first kappa shape index (κ1) is 16.9. The Morgan fingerprint density at radius 1 is 0.786 bits per heavy atom. The normalized spacial score (nSPS) is 15.5. The van der Waals surface area contributed by atoms with Gasteiger partial charge in [0.25, 0.3) is 0 Å². The Morgan fingerprint density at radius 2 is 1.46 bits per heavy atom. The van der Waals surface area contributed by atoms with Crippen LogP contribution in [-0.4, -0.2) is 20.2 Å². The van der Waals surface area contributed by atoms with Gasteiger partial charge in [0.15, 0.2) is 0 Å². The van der Waals surface area contributed by atoms with Crippen molar-refractivity contribution in [2.45, 2.75) is 6.04 Å². The number of hydrogen-bond donors (Lipinski definition) is 1. The molecule has 4 aromatic rings. The maximum atomic E-state index is 4.16. The molecule has 28 heavy (non-hydrogen) atoms. The molecule has 0 saturated heterocycles. The van der Waals surface area contributed by atoms with E-state index in [4.69, 9.17) is 0 Å². The number of halogens is 1. The first-order chi connectivity index (χ1) is 13.8. The maximum absolute atomic E-state index is 4.16. The number of aromatic nitrogens is 4. The van der Waals surface area contributed by atoms with Gasteiger partial charge in [-0.25, -0.2) is 0 Å². The highest BCUT2D eigenvalue weighted by Crippen LogP contribution is 2.32. The van der Waals surface area contributed by atoms with E-state index in [9.17, 15) is 0 Å². The topological polar surface area (TPSA) is 55.6 Å². The van der Waals surface area contributed by atoms with Crippen LogP contribution in [0.4, 0.5) is 5.95 Å². The van der Waals surface area contributed by atoms with Gasteiger partial charge in [-0.1, -0.05) is 87.8 Å². The summed E-state index contributed by atoms with van der Waals surface area (Å²) in [6, 6.07) is 27.1. The number of nitrogens with one attached hydrogen (secondary N) is 1. The molecular formula is C22H16BrN5. The van der Waals surface area contributed by atoms with Gasteiger partial charge in [-0.2, -0.15) is 4.68 Å². The van der Waals surface area contributed by atoms with Crippen molar-refractivity contribution in [3.8, 4) is 11.1 Å². The van der Waals surface area contributed by atoms with Gasteiger partial charge in [0.05, 0.1) is 0 Å². The lowest BCUT2D eigenvalue weighted by atomic mass is 9.99. The quantitative estimate of drug-likeness (QED) is 0.488. The van der Waals surface area contributed by atoms with Crippen LogP contribution in [0.2, 0.25) is 0 Å². The van der Waals surface area contributed by atoms with Crippen LogP contribution in [0.5, 0.6) is 0 Å². The molecule has 1 aromatic heterocycles. The molecule has 5 rings (SSSR count). The molecule has 1 aliphatic heterocycles. The lowest BCUT2D eigenvalue weighted by molar-refractivity contribution is 0.586. The van der Waals surface area contributed by atoms with Gasteiger partial charge in [0, 0.05) is 10.2 Å². The molecule has 3 aromatic carbocycles. The van der Waals surface area contributed by atoms with Gasteiger partial charge in [0.1, 0.15) is 6.04 Å². The Kier molecular flexibility index (Phi) is 4.25. The Balaban J connectivity index is 1.52. The van der Waals surface area contributed by atoms with Crippen LogP contribution < -0.4 is 5.32 Å². The van der Waals surface area contributed by atoms with Crippen LogP contribution in [-0.2, 0) is 0 Å². The molecule has 5 nitrogen and oxygen atoms in total. The van der Waals surface area contributed by atoms with Crippen LogP contribution in [0.1, 0.15) is 17.2 Å². The molecule has 0 saturated carbocycles. The molecule has 0 spiro atoms. The van der Waals surface area contributed by atoms with Crippen molar-refractivity contribution in [3.63, 3.8) is 0 Å². The number of fused-ring (bicyclic) bond motifs is 1. The van der Waals surface area contributed by atoms with Gasteiger partial charge < -0.3 is 5.32 Å². The predicted octanol–water partition coefficient (Wildman–Crippen LogP) is 5.16. The predicted molar refractivity (Wildman–Crippen MR) is 114 cm³/mol. The van der Waals surface area contributed by atoms with Gasteiger partial charge in [-0.05, 0) is 50.9 Å². The van der Waals surface area contributed by atoms with Crippen molar-refractivity contribution >= 4 is 27.6 Å². The molecule has 0 aliphatic carbocycles. The molecule has 0 fully saturated rings. The summed E-state index contributed by atoms with van der Waals surface area (Å²) in [6.07, 6.45) is 2.16. The molecule has 1 N–H and O–H groups in total. The van der Waals surface area contributed by atoms with Crippen LogP contribution in [0.15, 0.2) is 89.4 Å². The number of rotatable bonds is 3. The minimum atomic E-state index is -0.0665. The van der Waals surface area contributed by atoms with E-state index in [1.807, 2.05) is 18.2 Å². The van der Waals surface area contributed by atoms with E-state index in [0.29, 0.717) is 5.95 Å². The van der Waals surface area contributed by atoms with Crippen molar-refractivity contribution in [1.82, 2.24) is 20.2 Å². The standard InChI is InChI=1S/C22H16BrN5/c23-19-12-10-18(11-13-19)21-14-20(24-22-25-26-27-28(21)22)17-8-6-16(7-9-17)15-4-2-1-3-5-15/h1-14,21H,(H,24,25,27)/t21-/m0/s1. The fraction of sp³-hybridized carbons (Fsp3) is 0.0455. The fourth-order valence-electron chi connectivity index (χ4n) is 3.39. The van der Waals surface area contributed by atoms with Crippen molar-refractivity contribution < 1.29 is 0 Å². The van der Waals surface area contributed by atoms with Crippen LogP contribution in [0, 0.1) is 0 Å². The van der Waals surface area contributed by atoms with Crippen LogP contribution in [0.3, 0.4) is 0 Å². The molecule has 0 bridgehead atoms. The molecular weight excluding hydrogens is 414 g/mol. The monoisotopic (exact) mass is 429 g/mol. The number of nitrogens with zero attached hydrogens (tertiary/aromatic N) is 4. The summed E-state index contributed by atoms with van der Waals surface area (Å²) in [5.74, 6) is 0.637. The van der Waals surface area contributed by atoms with E-state index in [1.165, 1.54) is 11.1 Å². The summed E-state index contributed by atoms with van der Waals surface area (Å²) in [6.45, 7) is 0. The zero-order valence-electron chi connectivity index (χ0n) is 14.8. The van der Waals surface area contributed by atoms with Gasteiger partial charge in [0.2, 0.25) is 5.95 Å². The highest BCUT2D eigenvalue weighted by atomic mass is 79.9. The summed E-state index contributed by atoms with van der Waals surface area (Å²) in [5.41, 5.74) is 5.61. The number of allylic oxidation sites excluding steroid dienone is 1. The lowest BCUT2D eigenvalue weighted by Gasteiger charge is -2.23. The van der Waals surface area contributed by atoms with Crippen LogP contribution >= 0.6 is 15.9 Å². The summed E-state index contributed by atoms with van der Waals surface area (Å²) in [4.78, 5) is 0. The second-order valence-electron chi connectivity index (χ2n) is 6.59. The molecule has 6 heteroatoms. The first-order valence-corrected chi connectivity index (χ1v) is 9.75. The van der Waals surface area contributed by atoms with Crippen LogP contribution in [0.25, 0.3) is 16.8 Å². The Labute approximate surface area is 170 Å². The lowest BCUT2D eigenvalue weighted by Crippen LogP contribution is -2.20. The molecule has 0 amide bonds. The highest BCUT2D eigenvalue weighted by molar-refractivity contribution is 9.10. The number of hydrogen-bond acceptors (Lipinski definition) is 4. The largest absolute Gasteiger partial charge is 0.323 e. The van der Waals surface area contributed by atoms with E-state index < -0.39 is 0 Å². The second kappa shape index (κ2) is 7.05. The molecule has 136 valence electrons. The van der Waals surface area contributed by atoms with E-state index in [2.05, 4.69) is 104 Å². The van der Waals surface area contributed by atoms with E-state index in [0.717, 1.165) is 21.3 Å². The van der Waals surface area contributed by atoms with Crippen molar-refractivity contribution in [3.05, 3.63) is 101 Å². The third-order valence-corrected chi connectivity index (χ3v) is 5.37. The summed E-state index contributed by atoms with van der Waals surface area (Å²) < 4.78 is 2.84. The Morgan fingerprint density at radius 3 is 2.21 bits per heavy atom. The third-order valence-electron chi connectivity index (χ3n) is 4.84. The molecule has 0 unspecified atom stereocenters. The van der Waals surface area contributed by atoms with Gasteiger partial charge in [-0.3, -0.25) is 0 Å². The molecule has 1 atom stereocenters. The Hall–Kier alpha value is -3.25. The second-order valence-corrected chi connectivity index (χ2v) is 7.51. The van der Waals surface area contributed by atoms with Gasteiger partial charge >= 0.3 is 0 Å². The SMILES string of the molecule is Brc1ccc([C@@H]2C=C(c3ccc(-c4ccccc4)cc3)Nc3nnnn32)cc1. The van der Waals surface area contributed by atoms with Crippen molar-refractivity contribution in [2.75, 3.05) is 5.32 Å². The van der Waals surface area contributed by atoms with E-state index in [-0.39, 0.29) is 6.04 Å². The van der Waals surface area contributed by atoms with Gasteiger partial charge in [-0.15, -0.1) is 0 Å². The minimum Gasteiger partial charge on any atom is -0.323 e. The number of benzene rings is 3. The first-order valence-electron chi connectivity index (χ1n) is 8.96. The average molecular weight is 430 g/mol. The summed E-state index contributed by atoms with van der Waals surface area (Å²) in [5, 5.41) is 15.5. The zero-order valence-corrected chi connectivity index (χ0v) is 16.4. The van der Waals surface area contributed by atoms with Crippen molar-refractivity contribution in [2.24, 2.45) is 0 Å². The highest BCUT2D eigenvalue weighted by Gasteiger charge is 2.24. The van der Waals surface area contributed by atoms with Crippen molar-refractivity contribution in [1.29, 1.82) is 0 Å². The molecule has 1 aliphatic rings. The summed E-state index contributed by atoms with van der Waals surface area (Å²) >= 11 is 3.49. The molecule has 2 heterocycles. The minimum absolute atomic E-state index is 0.0665.